The van der Waals surface area contributed by atoms with E-state index in [0.29, 0.717) is 18.9 Å². The highest BCUT2D eigenvalue weighted by Crippen LogP contribution is 2.27. The molecule has 0 unspecified atom stereocenters. The molecule has 20 heavy (non-hydrogen) atoms. The first-order valence-electron chi connectivity index (χ1n) is 7.61. The standard InChI is InChI=1S/C16H26N2O2/c1-16(2,20-3)12-15(19)11-13-9-10-18(17-13)14-7-5-4-6-8-14/h9-10,14H,4-8,11-12H2,1-3H3. The molecule has 0 amide bonds. The van der Waals surface area contributed by atoms with E-state index in [-0.39, 0.29) is 11.4 Å². The van der Waals surface area contributed by atoms with Gasteiger partial charge >= 0.3 is 0 Å². The summed E-state index contributed by atoms with van der Waals surface area (Å²) in [5.74, 6) is 0.186. The van der Waals surface area contributed by atoms with Gasteiger partial charge in [-0.05, 0) is 32.8 Å². The number of aromatic nitrogens is 2. The Morgan fingerprint density at radius 1 is 1.40 bits per heavy atom. The van der Waals surface area contributed by atoms with Crippen LogP contribution in [0.15, 0.2) is 12.3 Å². The number of rotatable bonds is 6. The predicted molar refractivity (Wildman–Crippen MR) is 78.8 cm³/mol. The van der Waals surface area contributed by atoms with Gasteiger partial charge < -0.3 is 4.74 Å². The van der Waals surface area contributed by atoms with Crippen LogP contribution in [0.1, 0.15) is 64.1 Å². The van der Waals surface area contributed by atoms with E-state index in [2.05, 4.69) is 9.78 Å². The van der Waals surface area contributed by atoms with Crippen LogP contribution in [-0.2, 0) is 16.0 Å². The number of hydrogen-bond acceptors (Lipinski definition) is 3. The molecular formula is C16H26N2O2. The van der Waals surface area contributed by atoms with Gasteiger partial charge in [-0.3, -0.25) is 9.48 Å². The van der Waals surface area contributed by atoms with E-state index in [0.717, 1.165) is 5.69 Å². The van der Waals surface area contributed by atoms with Gasteiger partial charge in [0.2, 0.25) is 0 Å². The Morgan fingerprint density at radius 3 is 2.75 bits per heavy atom. The number of Topliss-reactive ketones (excluding diaryl/α,β-unsaturated/α-hetero) is 1. The Hall–Kier alpha value is -1.16. The summed E-state index contributed by atoms with van der Waals surface area (Å²) in [7, 11) is 1.64. The zero-order valence-electron chi connectivity index (χ0n) is 12.9. The van der Waals surface area contributed by atoms with Crippen molar-refractivity contribution in [3.05, 3.63) is 18.0 Å². The zero-order valence-corrected chi connectivity index (χ0v) is 12.9. The molecule has 0 radical (unpaired) electrons. The van der Waals surface area contributed by atoms with Gasteiger partial charge in [-0.2, -0.15) is 5.10 Å². The molecule has 112 valence electrons. The smallest absolute Gasteiger partial charge is 0.141 e. The summed E-state index contributed by atoms with van der Waals surface area (Å²) >= 11 is 0. The summed E-state index contributed by atoms with van der Waals surface area (Å²) < 4.78 is 7.36. The highest BCUT2D eigenvalue weighted by Gasteiger charge is 2.22. The molecular weight excluding hydrogens is 252 g/mol. The monoisotopic (exact) mass is 278 g/mol. The Labute approximate surface area is 121 Å². The maximum atomic E-state index is 12.0. The SMILES string of the molecule is COC(C)(C)CC(=O)Cc1ccn(C2CCCCC2)n1. The molecule has 4 heteroatoms. The number of ketones is 1. The largest absolute Gasteiger partial charge is 0.378 e. The van der Waals surface area contributed by atoms with Crippen LogP contribution in [0.4, 0.5) is 0 Å². The van der Waals surface area contributed by atoms with Gasteiger partial charge in [0, 0.05) is 19.7 Å². The zero-order chi connectivity index (χ0) is 14.6. The minimum Gasteiger partial charge on any atom is -0.378 e. The molecule has 0 aliphatic heterocycles. The molecule has 4 nitrogen and oxygen atoms in total. The lowest BCUT2D eigenvalue weighted by molar-refractivity contribution is -0.123. The lowest BCUT2D eigenvalue weighted by Crippen LogP contribution is -2.27. The average molecular weight is 278 g/mol. The molecule has 0 N–H and O–H groups in total. The van der Waals surface area contributed by atoms with E-state index in [4.69, 9.17) is 4.74 Å². The number of carbonyl (C=O) groups is 1. The lowest BCUT2D eigenvalue weighted by Gasteiger charge is -2.22. The van der Waals surface area contributed by atoms with Crippen LogP contribution in [0.5, 0.6) is 0 Å². The second kappa shape index (κ2) is 6.53. The molecule has 0 spiro atoms. The molecule has 0 aromatic carbocycles. The van der Waals surface area contributed by atoms with Crippen LogP contribution in [0.25, 0.3) is 0 Å². The third kappa shape index (κ3) is 4.17. The Morgan fingerprint density at radius 2 is 2.10 bits per heavy atom. The summed E-state index contributed by atoms with van der Waals surface area (Å²) in [6, 6.07) is 2.51. The molecule has 1 fully saturated rings. The van der Waals surface area contributed by atoms with Crippen molar-refractivity contribution in [1.29, 1.82) is 0 Å². The van der Waals surface area contributed by atoms with Crippen LogP contribution >= 0.6 is 0 Å². The normalized spacial score (nSPS) is 17.4. The predicted octanol–water partition coefficient (Wildman–Crippen LogP) is 3.32. The van der Waals surface area contributed by atoms with E-state index < -0.39 is 0 Å². The molecule has 1 aliphatic rings. The minimum absolute atomic E-state index is 0.186. The van der Waals surface area contributed by atoms with Crippen molar-refractivity contribution >= 4 is 5.78 Å². The maximum Gasteiger partial charge on any atom is 0.141 e. The number of methoxy groups -OCH3 is 1. The highest BCUT2D eigenvalue weighted by atomic mass is 16.5. The molecule has 1 aromatic heterocycles. The summed E-state index contributed by atoms with van der Waals surface area (Å²) in [6.07, 6.45) is 9.22. The van der Waals surface area contributed by atoms with Crippen molar-refractivity contribution in [3.8, 4) is 0 Å². The van der Waals surface area contributed by atoms with Crippen molar-refractivity contribution in [2.24, 2.45) is 0 Å². The molecule has 0 bridgehead atoms. The first-order valence-corrected chi connectivity index (χ1v) is 7.61. The van der Waals surface area contributed by atoms with E-state index in [1.807, 2.05) is 26.1 Å². The Kier molecular flexibility index (Phi) is 4.97. The number of ether oxygens (including phenoxy) is 1. The van der Waals surface area contributed by atoms with Gasteiger partial charge in [0.25, 0.3) is 0 Å². The minimum atomic E-state index is -0.386. The summed E-state index contributed by atoms with van der Waals surface area (Å²) in [5, 5.41) is 4.58. The van der Waals surface area contributed by atoms with Crippen molar-refractivity contribution in [3.63, 3.8) is 0 Å². The molecule has 0 atom stereocenters. The first-order chi connectivity index (χ1) is 9.50. The number of nitrogens with zero attached hydrogens (tertiary/aromatic N) is 2. The van der Waals surface area contributed by atoms with Crippen LogP contribution < -0.4 is 0 Å². The van der Waals surface area contributed by atoms with Gasteiger partial charge in [-0.1, -0.05) is 19.3 Å². The van der Waals surface area contributed by atoms with Crippen LogP contribution in [0, 0.1) is 0 Å². The fourth-order valence-electron chi connectivity index (χ4n) is 2.83. The third-order valence-electron chi connectivity index (χ3n) is 4.17. The number of hydrogen-bond donors (Lipinski definition) is 0. The van der Waals surface area contributed by atoms with Crippen LogP contribution in [-0.4, -0.2) is 28.3 Å². The third-order valence-corrected chi connectivity index (χ3v) is 4.17. The molecule has 1 saturated carbocycles. The average Bonchev–Trinajstić information content (AvgIpc) is 2.87. The van der Waals surface area contributed by atoms with Crippen molar-refractivity contribution < 1.29 is 9.53 Å². The van der Waals surface area contributed by atoms with E-state index in [1.165, 1.54) is 32.1 Å². The molecule has 1 aromatic rings. The number of carbonyl (C=O) groups excluding carboxylic acids is 1. The second-order valence-electron chi connectivity index (χ2n) is 6.43. The van der Waals surface area contributed by atoms with Gasteiger partial charge in [0.1, 0.15) is 5.78 Å². The fraction of sp³-hybridized carbons (Fsp3) is 0.750. The fourth-order valence-corrected chi connectivity index (χ4v) is 2.83. The van der Waals surface area contributed by atoms with E-state index in [9.17, 15) is 4.79 Å². The Balaban J connectivity index is 1.90. The molecule has 1 aliphatic carbocycles. The van der Waals surface area contributed by atoms with Gasteiger partial charge in [0.15, 0.2) is 0 Å². The second-order valence-corrected chi connectivity index (χ2v) is 6.43. The van der Waals surface area contributed by atoms with Crippen molar-refractivity contribution in [1.82, 2.24) is 9.78 Å². The quantitative estimate of drug-likeness (QED) is 0.802. The van der Waals surface area contributed by atoms with Gasteiger partial charge in [-0.25, -0.2) is 0 Å². The van der Waals surface area contributed by atoms with Gasteiger partial charge in [0.05, 0.1) is 23.8 Å². The lowest BCUT2D eigenvalue weighted by atomic mass is 9.96. The van der Waals surface area contributed by atoms with Crippen LogP contribution in [0.2, 0.25) is 0 Å². The maximum absolute atomic E-state index is 12.0. The van der Waals surface area contributed by atoms with Crippen molar-refractivity contribution in [2.75, 3.05) is 7.11 Å². The topological polar surface area (TPSA) is 44.1 Å². The summed E-state index contributed by atoms with van der Waals surface area (Å²) in [6.45, 7) is 3.87. The molecule has 0 saturated heterocycles. The van der Waals surface area contributed by atoms with Crippen molar-refractivity contribution in [2.45, 2.75) is 70.4 Å². The Bertz CT molecular complexity index is 445. The van der Waals surface area contributed by atoms with E-state index in [1.54, 1.807) is 7.11 Å². The summed E-state index contributed by atoms with van der Waals surface area (Å²) in [5.41, 5.74) is 0.496. The first kappa shape index (κ1) is 15.2. The highest BCUT2D eigenvalue weighted by molar-refractivity contribution is 5.81. The van der Waals surface area contributed by atoms with Gasteiger partial charge in [-0.15, -0.1) is 0 Å². The van der Waals surface area contributed by atoms with Crippen LogP contribution in [0.3, 0.4) is 0 Å². The summed E-state index contributed by atoms with van der Waals surface area (Å²) in [4.78, 5) is 12.0. The molecule has 1 heterocycles. The van der Waals surface area contributed by atoms with E-state index >= 15 is 0 Å². The molecule has 2 rings (SSSR count).